The van der Waals surface area contributed by atoms with E-state index in [-0.39, 0.29) is 45.7 Å². The van der Waals surface area contributed by atoms with Crippen molar-refractivity contribution in [2.24, 2.45) is 0 Å². The van der Waals surface area contributed by atoms with Gasteiger partial charge in [0.05, 0.1) is 11.0 Å². The molecule has 0 atom stereocenters. The number of rotatable bonds is 3. The van der Waals surface area contributed by atoms with E-state index in [1.807, 2.05) is 109 Å². The lowest BCUT2D eigenvalue weighted by Crippen LogP contribution is -1.91. The summed E-state index contributed by atoms with van der Waals surface area (Å²) < 4.78 is 77.7. The van der Waals surface area contributed by atoms with Crippen LogP contribution in [0.4, 0.5) is 0 Å². The van der Waals surface area contributed by atoms with Gasteiger partial charge in [0.2, 0.25) is 0 Å². The summed E-state index contributed by atoms with van der Waals surface area (Å²) in [6, 6.07) is 32.0. The highest BCUT2D eigenvalue weighted by molar-refractivity contribution is 6.21. The smallest absolute Gasteiger partial charge is 0.136 e. The molecule has 0 amide bonds. The fourth-order valence-electron chi connectivity index (χ4n) is 6.28. The molecular weight excluding hydrogens is 520 g/mol. The van der Waals surface area contributed by atoms with Gasteiger partial charge in [-0.05, 0) is 90.0 Å². The van der Waals surface area contributed by atoms with E-state index in [0.29, 0.717) is 22.3 Å². The van der Waals surface area contributed by atoms with Gasteiger partial charge < -0.3 is 4.42 Å². The molecule has 0 saturated heterocycles. The van der Waals surface area contributed by atoms with Crippen LogP contribution in [0.2, 0.25) is 0 Å². The molecule has 0 aliphatic heterocycles. The van der Waals surface area contributed by atoms with Crippen molar-refractivity contribution < 1.29 is 15.4 Å². The molecule has 0 bridgehead atoms. The van der Waals surface area contributed by atoms with Crippen molar-refractivity contribution in [3.05, 3.63) is 158 Å². The fourth-order valence-corrected chi connectivity index (χ4v) is 6.28. The highest BCUT2D eigenvalue weighted by atomic mass is 16.3. The zero-order valence-corrected chi connectivity index (χ0v) is 22.8. The minimum atomic E-state index is -0.422. The second-order valence-electron chi connectivity index (χ2n) is 10.7. The van der Waals surface area contributed by atoms with Gasteiger partial charge in [-0.1, -0.05) is 133 Å². The van der Waals surface area contributed by atoms with Gasteiger partial charge in [0, 0.05) is 10.8 Å². The van der Waals surface area contributed by atoms with Crippen molar-refractivity contribution in [3.8, 4) is 33.4 Å². The van der Waals surface area contributed by atoms with E-state index in [1.54, 1.807) is 0 Å². The molecule has 9 aromatic rings. The van der Waals surface area contributed by atoms with Gasteiger partial charge in [0.1, 0.15) is 11.2 Å². The van der Waals surface area contributed by atoms with Crippen molar-refractivity contribution in [1.82, 2.24) is 0 Å². The highest BCUT2D eigenvalue weighted by Gasteiger charge is 2.17. The van der Waals surface area contributed by atoms with E-state index in [1.165, 1.54) is 0 Å². The Hall–Kier alpha value is -5.66. The quantitative estimate of drug-likeness (QED) is 0.198. The normalized spacial score (nSPS) is 14.3. The molecule has 1 nitrogen and oxygen atoms in total. The lowest BCUT2D eigenvalue weighted by molar-refractivity contribution is 0.669. The summed E-state index contributed by atoms with van der Waals surface area (Å²) in [4.78, 5) is 0. The molecular formula is C42H26O. The van der Waals surface area contributed by atoms with E-state index in [4.69, 9.17) is 9.90 Å². The van der Waals surface area contributed by atoms with Crippen LogP contribution in [-0.4, -0.2) is 0 Å². The Morgan fingerprint density at radius 1 is 0.372 bits per heavy atom. The van der Waals surface area contributed by atoms with Gasteiger partial charge in [-0.15, -0.1) is 0 Å². The van der Waals surface area contributed by atoms with E-state index in [2.05, 4.69) is 0 Å². The second kappa shape index (κ2) is 9.44. The molecule has 1 heteroatoms. The Kier molecular flexibility index (Phi) is 3.80. The molecule has 0 fully saturated rings. The Bertz CT molecular complexity index is 2860. The molecule has 43 heavy (non-hydrogen) atoms. The molecule has 0 spiro atoms. The number of para-hydroxylation sites is 1. The summed E-state index contributed by atoms with van der Waals surface area (Å²) in [5.41, 5.74) is 5.16. The predicted molar refractivity (Wildman–Crippen MR) is 183 cm³/mol. The lowest BCUT2D eigenvalue weighted by Gasteiger charge is -2.18. The third kappa shape index (κ3) is 3.79. The summed E-state index contributed by atoms with van der Waals surface area (Å²) >= 11 is 0. The summed E-state index contributed by atoms with van der Waals surface area (Å²) in [6.45, 7) is 0. The minimum absolute atomic E-state index is 0.193. The average molecular weight is 555 g/mol. The Balaban J connectivity index is 1.37. The largest absolute Gasteiger partial charge is 0.456 e. The SMILES string of the molecule is [2H]c1c([2H])c([2H])c2c(-c3ccc4ccccc4c3)c3c([2H])c([2H])c([2H])c([2H])c3c(-c3ccc(-c4ccc5c(c4)oc4ccccc45)cc3)c2c1[2H]. The molecule has 0 N–H and O–H groups in total. The van der Waals surface area contributed by atoms with Crippen molar-refractivity contribution >= 4 is 54.3 Å². The monoisotopic (exact) mass is 554 g/mol. The first kappa shape index (κ1) is 17.3. The molecule has 9 rings (SSSR count). The number of furan rings is 1. The second-order valence-corrected chi connectivity index (χ2v) is 10.7. The van der Waals surface area contributed by atoms with Crippen molar-refractivity contribution in [2.45, 2.75) is 0 Å². The minimum Gasteiger partial charge on any atom is -0.456 e. The molecule has 0 aliphatic carbocycles. The summed E-state index contributed by atoms with van der Waals surface area (Å²) in [5, 5.41) is 4.68. The average Bonchev–Trinajstić information content (AvgIpc) is 3.54. The maximum Gasteiger partial charge on any atom is 0.136 e. The molecule has 1 heterocycles. The van der Waals surface area contributed by atoms with Gasteiger partial charge in [0.15, 0.2) is 0 Å². The Morgan fingerprint density at radius 2 is 0.907 bits per heavy atom. The lowest BCUT2D eigenvalue weighted by atomic mass is 9.85. The third-order valence-electron chi connectivity index (χ3n) is 8.30. The first-order valence-electron chi connectivity index (χ1n) is 18.1. The summed E-state index contributed by atoms with van der Waals surface area (Å²) in [6.07, 6.45) is 0. The maximum absolute atomic E-state index is 9.21. The van der Waals surface area contributed by atoms with E-state index in [9.17, 15) is 5.48 Å². The summed E-state index contributed by atoms with van der Waals surface area (Å²) in [5.74, 6) is 0. The van der Waals surface area contributed by atoms with Crippen molar-refractivity contribution in [2.75, 3.05) is 0 Å². The molecule has 8 aromatic carbocycles. The molecule has 0 radical (unpaired) electrons. The fraction of sp³-hybridized carbons (Fsp3) is 0. The third-order valence-corrected chi connectivity index (χ3v) is 8.30. The number of benzene rings is 8. The van der Waals surface area contributed by atoms with Gasteiger partial charge in [-0.25, -0.2) is 0 Å². The van der Waals surface area contributed by atoms with Crippen LogP contribution in [0.5, 0.6) is 0 Å². The van der Waals surface area contributed by atoms with Gasteiger partial charge in [0.25, 0.3) is 0 Å². The van der Waals surface area contributed by atoms with Crippen LogP contribution >= 0.6 is 0 Å². The topological polar surface area (TPSA) is 13.1 Å². The molecule has 0 saturated carbocycles. The molecule has 200 valence electrons. The van der Waals surface area contributed by atoms with Crippen LogP contribution in [0.15, 0.2) is 162 Å². The van der Waals surface area contributed by atoms with Crippen LogP contribution in [0.3, 0.4) is 0 Å². The Morgan fingerprint density at radius 3 is 1.63 bits per heavy atom. The van der Waals surface area contributed by atoms with Gasteiger partial charge in [-0.2, -0.15) is 0 Å². The van der Waals surface area contributed by atoms with E-state index in [0.717, 1.165) is 43.8 Å². The van der Waals surface area contributed by atoms with E-state index >= 15 is 0 Å². The molecule has 0 unspecified atom stereocenters. The summed E-state index contributed by atoms with van der Waals surface area (Å²) in [7, 11) is 0. The first-order chi connectivity index (χ1) is 24.6. The van der Waals surface area contributed by atoms with Crippen LogP contribution in [0, 0.1) is 0 Å². The zero-order chi connectivity index (χ0) is 35.3. The maximum atomic E-state index is 9.21. The number of hydrogen-bond acceptors (Lipinski definition) is 1. The van der Waals surface area contributed by atoms with Gasteiger partial charge in [-0.3, -0.25) is 0 Å². The van der Waals surface area contributed by atoms with Crippen LogP contribution in [0.1, 0.15) is 11.0 Å². The zero-order valence-electron chi connectivity index (χ0n) is 30.8. The van der Waals surface area contributed by atoms with Crippen LogP contribution in [0.25, 0.3) is 87.6 Å². The van der Waals surface area contributed by atoms with Crippen LogP contribution < -0.4 is 0 Å². The Labute approximate surface area is 260 Å². The first-order valence-corrected chi connectivity index (χ1v) is 14.1. The highest BCUT2D eigenvalue weighted by Crippen LogP contribution is 2.44. The van der Waals surface area contributed by atoms with Crippen molar-refractivity contribution in [3.63, 3.8) is 0 Å². The molecule has 1 aromatic heterocycles. The van der Waals surface area contributed by atoms with Crippen molar-refractivity contribution in [1.29, 1.82) is 0 Å². The van der Waals surface area contributed by atoms with E-state index < -0.39 is 24.2 Å². The number of fused-ring (bicyclic) bond motifs is 6. The van der Waals surface area contributed by atoms with Gasteiger partial charge >= 0.3 is 0 Å². The van der Waals surface area contributed by atoms with Crippen LogP contribution in [-0.2, 0) is 0 Å². The standard InChI is InChI=1S/C42H26O/c1-2-10-30-25-32(22-19-27(30)9-1)42-37-14-5-3-12-35(37)41(36-13-4-6-15-38(36)42)29-20-17-28(18-21-29)31-23-24-34-33-11-7-8-16-39(33)43-40(34)26-31/h1-26H/i3D,4D,5D,6D,12D,13D,14D,15D. The molecule has 0 aliphatic rings. The predicted octanol–water partition coefficient (Wildman–Crippen LogP) is 12.0. The number of hydrogen-bond donors (Lipinski definition) is 0.